The second kappa shape index (κ2) is 6.64. The molecule has 0 bridgehead atoms. The number of nitrogens with one attached hydrogen (secondary N) is 1. The van der Waals surface area contributed by atoms with Gasteiger partial charge in [0.25, 0.3) is 5.91 Å². The molecule has 0 aliphatic rings. The quantitative estimate of drug-likeness (QED) is 0.612. The molecule has 1 amide bonds. The normalized spacial score (nSPS) is 10.7. The second-order valence-corrected chi connectivity index (χ2v) is 5.77. The number of benzene rings is 1. The zero-order valence-corrected chi connectivity index (χ0v) is 14.0. The van der Waals surface area contributed by atoms with E-state index in [-0.39, 0.29) is 11.7 Å². The Labute approximate surface area is 149 Å². The molecule has 4 rings (SSSR count). The summed E-state index contributed by atoms with van der Waals surface area (Å²) < 4.78 is 6.94. The first-order valence-electron chi connectivity index (χ1n) is 7.98. The summed E-state index contributed by atoms with van der Waals surface area (Å²) in [5.74, 6) is 0.467. The van der Waals surface area contributed by atoms with Gasteiger partial charge < -0.3 is 9.84 Å². The van der Waals surface area contributed by atoms with Crippen LogP contribution in [0.15, 0.2) is 71.9 Å². The van der Waals surface area contributed by atoms with Gasteiger partial charge in [-0.15, -0.1) is 0 Å². The molecule has 3 heterocycles. The smallest absolute Gasteiger partial charge is 0.294 e. The van der Waals surface area contributed by atoms with Gasteiger partial charge in [-0.3, -0.25) is 9.36 Å². The third-order valence-corrected chi connectivity index (χ3v) is 3.86. The summed E-state index contributed by atoms with van der Waals surface area (Å²) in [4.78, 5) is 20.6. The fourth-order valence-electron chi connectivity index (χ4n) is 2.44. The molecular formula is C19H15N5O2. The summed E-state index contributed by atoms with van der Waals surface area (Å²) in [7, 11) is 0. The minimum atomic E-state index is -0.381. The number of nitrogens with zero attached hydrogens (tertiary/aromatic N) is 4. The van der Waals surface area contributed by atoms with Gasteiger partial charge in [0.05, 0.1) is 11.9 Å². The monoisotopic (exact) mass is 345 g/mol. The van der Waals surface area contributed by atoms with E-state index >= 15 is 0 Å². The van der Waals surface area contributed by atoms with Crippen LogP contribution in [0.5, 0.6) is 0 Å². The fraction of sp³-hybridized carbons (Fsp3) is 0.0526. The molecule has 1 aromatic carbocycles. The van der Waals surface area contributed by atoms with Crippen LogP contribution in [0.3, 0.4) is 0 Å². The molecule has 7 heteroatoms. The van der Waals surface area contributed by atoms with Gasteiger partial charge in [-0.05, 0) is 19.1 Å². The predicted molar refractivity (Wildman–Crippen MR) is 96.0 cm³/mol. The maximum atomic E-state index is 12.3. The third-order valence-electron chi connectivity index (χ3n) is 3.86. The Morgan fingerprint density at radius 1 is 1.15 bits per heavy atom. The van der Waals surface area contributed by atoms with E-state index in [0.717, 1.165) is 11.1 Å². The highest BCUT2D eigenvalue weighted by atomic mass is 16.5. The van der Waals surface area contributed by atoms with Crippen LogP contribution in [-0.2, 0) is 0 Å². The first kappa shape index (κ1) is 15.8. The van der Waals surface area contributed by atoms with Crippen LogP contribution < -0.4 is 5.32 Å². The summed E-state index contributed by atoms with van der Waals surface area (Å²) in [6, 6.07) is 13.0. The summed E-state index contributed by atoms with van der Waals surface area (Å²) in [5.41, 5.74) is 3.22. The average molecular weight is 345 g/mol. The van der Waals surface area contributed by atoms with Crippen molar-refractivity contribution in [2.45, 2.75) is 6.92 Å². The van der Waals surface area contributed by atoms with E-state index in [2.05, 4.69) is 20.4 Å². The van der Waals surface area contributed by atoms with E-state index in [9.17, 15) is 4.79 Å². The highest BCUT2D eigenvalue weighted by Crippen LogP contribution is 2.20. The lowest BCUT2D eigenvalue weighted by Gasteiger charge is -2.04. The predicted octanol–water partition coefficient (Wildman–Crippen LogP) is 3.48. The fourth-order valence-corrected chi connectivity index (χ4v) is 2.44. The van der Waals surface area contributed by atoms with Gasteiger partial charge in [-0.2, -0.15) is 0 Å². The van der Waals surface area contributed by atoms with Gasteiger partial charge in [0.2, 0.25) is 5.76 Å². The Kier molecular flexibility index (Phi) is 4.03. The van der Waals surface area contributed by atoms with Gasteiger partial charge in [0.15, 0.2) is 0 Å². The zero-order chi connectivity index (χ0) is 17.9. The largest absolute Gasteiger partial charge is 0.350 e. The summed E-state index contributed by atoms with van der Waals surface area (Å²) >= 11 is 0. The van der Waals surface area contributed by atoms with Gasteiger partial charge in [0, 0.05) is 24.0 Å². The SMILES string of the molecule is Cc1ccc(-c2cc(C(=O)Nc3ccc(-n4ccnc4)nc3)on2)cc1. The van der Waals surface area contributed by atoms with Crippen molar-refractivity contribution in [2.24, 2.45) is 0 Å². The zero-order valence-electron chi connectivity index (χ0n) is 14.0. The van der Waals surface area contributed by atoms with Crippen molar-refractivity contribution in [1.29, 1.82) is 0 Å². The van der Waals surface area contributed by atoms with E-state index < -0.39 is 0 Å². The van der Waals surface area contributed by atoms with Crippen LogP contribution >= 0.6 is 0 Å². The molecule has 0 unspecified atom stereocenters. The lowest BCUT2D eigenvalue weighted by molar-refractivity contribution is 0.0988. The van der Waals surface area contributed by atoms with E-state index in [0.29, 0.717) is 17.2 Å². The number of rotatable bonds is 4. The maximum Gasteiger partial charge on any atom is 0.294 e. The van der Waals surface area contributed by atoms with Crippen LogP contribution in [0.25, 0.3) is 17.1 Å². The number of amides is 1. The molecule has 0 radical (unpaired) electrons. The first-order valence-corrected chi connectivity index (χ1v) is 7.98. The Morgan fingerprint density at radius 2 is 2.00 bits per heavy atom. The number of aromatic nitrogens is 4. The molecule has 7 nitrogen and oxygen atoms in total. The third kappa shape index (κ3) is 3.23. The van der Waals surface area contributed by atoms with Gasteiger partial charge in [-0.25, -0.2) is 9.97 Å². The molecule has 128 valence electrons. The first-order chi connectivity index (χ1) is 12.7. The molecule has 0 atom stereocenters. The highest BCUT2D eigenvalue weighted by molar-refractivity contribution is 6.02. The molecule has 3 aromatic heterocycles. The van der Waals surface area contributed by atoms with Gasteiger partial charge in [0.1, 0.15) is 17.8 Å². The average Bonchev–Trinajstić information content (AvgIpc) is 3.35. The van der Waals surface area contributed by atoms with Crippen molar-refractivity contribution in [1.82, 2.24) is 19.7 Å². The Balaban J connectivity index is 1.47. The van der Waals surface area contributed by atoms with Crippen molar-refractivity contribution in [3.05, 3.63) is 78.7 Å². The lowest BCUT2D eigenvalue weighted by atomic mass is 10.1. The number of pyridine rings is 1. The topological polar surface area (TPSA) is 85.8 Å². The number of hydrogen-bond acceptors (Lipinski definition) is 5. The van der Waals surface area contributed by atoms with Crippen LogP contribution in [0.4, 0.5) is 5.69 Å². The Bertz CT molecular complexity index is 1020. The lowest BCUT2D eigenvalue weighted by Crippen LogP contribution is -2.11. The molecule has 0 spiro atoms. The van der Waals surface area contributed by atoms with Gasteiger partial charge in [-0.1, -0.05) is 35.0 Å². The number of hydrogen-bond donors (Lipinski definition) is 1. The molecule has 0 saturated heterocycles. The molecular weight excluding hydrogens is 330 g/mol. The van der Waals surface area contributed by atoms with Crippen LogP contribution in [-0.4, -0.2) is 25.6 Å². The van der Waals surface area contributed by atoms with Crippen molar-refractivity contribution in [3.8, 4) is 17.1 Å². The highest BCUT2D eigenvalue weighted by Gasteiger charge is 2.14. The number of carbonyl (C=O) groups is 1. The number of aryl methyl sites for hydroxylation is 1. The van der Waals surface area contributed by atoms with Crippen LogP contribution in [0.1, 0.15) is 16.1 Å². The van der Waals surface area contributed by atoms with Crippen molar-refractivity contribution in [3.63, 3.8) is 0 Å². The molecule has 0 aliphatic carbocycles. The molecule has 0 aliphatic heterocycles. The van der Waals surface area contributed by atoms with Crippen molar-refractivity contribution in [2.75, 3.05) is 5.32 Å². The Hall–Kier alpha value is -3.74. The van der Waals surface area contributed by atoms with Crippen LogP contribution in [0.2, 0.25) is 0 Å². The van der Waals surface area contributed by atoms with E-state index in [1.165, 1.54) is 0 Å². The standard InChI is InChI=1S/C19H15N5O2/c1-13-2-4-14(5-3-13)16-10-17(26-23-16)19(25)22-15-6-7-18(21-11-15)24-9-8-20-12-24/h2-12H,1H3,(H,22,25). The maximum absolute atomic E-state index is 12.3. The molecule has 26 heavy (non-hydrogen) atoms. The molecule has 1 N–H and O–H groups in total. The van der Waals surface area contributed by atoms with Gasteiger partial charge >= 0.3 is 0 Å². The Morgan fingerprint density at radius 3 is 2.69 bits per heavy atom. The molecule has 0 fully saturated rings. The number of carbonyl (C=O) groups excluding carboxylic acids is 1. The van der Waals surface area contributed by atoms with Crippen LogP contribution in [0, 0.1) is 6.92 Å². The minimum Gasteiger partial charge on any atom is -0.350 e. The number of imidazole rings is 1. The van der Waals surface area contributed by atoms with Crippen molar-refractivity contribution >= 4 is 11.6 Å². The molecule has 0 saturated carbocycles. The summed E-state index contributed by atoms with van der Waals surface area (Å²) in [6.45, 7) is 2.01. The number of anilines is 1. The second-order valence-electron chi connectivity index (χ2n) is 5.77. The molecule has 4 aromatic rings. The van der Waals surface area contributed by atoms with E-state index in [1.807, 2.05) is 31.2 Å². The summed E-state index contributed by atoms with van der Waals surface area (Å²) in [6.07, 6.45) is 6.70. The van der Waals surface area contributed by atoms with E-state index in [1.54, 1.807) is 47.7 Å². The summed E-state index contributed by atoms with van der Waals surface area (Å²) in [5, 5.41) is 6.71. The minimum absolute atomic E-state index is 0.138. The van der Waals surface area contributed by atoms with Crippen molar-refractivity contribution < 1.29 is 9.32 Å². The van der Waals surface area contributed by atoms with E-state index in [4.69, 9.17) is 4.52 Å².